The van der Waals surface area contributed by atoms with Crippen LogP contribution in [0.4, 0.5) is 19.0 Å². The van der Waals surface area contributed by atoms with Crippen molar-refractivity contribution in [3.63, 3.8) is 0 Å². The van der Waals surface area contributed by atoms with Crippen LogP contribution in [0.3, 0.4) is 0 Å². The number of nitrogens with one attached hydrogen (secondary N) is 2. The highest BCUT2D eigenvalue weighted by atomic mass is 19.4. The number of carbonyl (C=O) groups is 1. The highest BCUT2D eigenvalue weighted by molar-refractivity contribution is 5.83. The lowest BCUT2D eigenvalue weighted by atomic mass is 10.2. The van der Waals surface area contributed by atoms with Crippen molar-refractivity contribution in [2.24, 2.45) is 5.92 Å². The Hall–Kier alpha value is -1.79. The number of carbonyl (C=O) groups excluding carboxylic acids is 1. The fourth-order valence-electron chi connectivity index (χ4n) is 1.43. The molecule has 0 fully saturated rings. The molecule has 2 N–H and O–H groups in total. The van der Waals surface area contributed by atoms with E-state index in [0.29, 0.717) is 12.5 Å². The summed E-state index contributed by atoms with van der Waals surface area (Å²) in [5.41, 5.74) is -0.801. The summed E-state index contributed by atoms with van der Waals surface area (Å²) in [4.78, 5) is 15.5. The van der Waals surface area contributed by atoms with Gasteiger partial charge in [-0.1, -0.05) is 13.8 Å². The smallest absolute Gasteiger partial charge is 0.359 e. The van der Waals surface area contributed by atoms with Crippen LogP contribution < -0.4 is 10.6 Å². The second kappa shape index (κ2) is 6.58. The molecule has 0 aliphatic rings. The second-order valence-electron chi connectivity index (χ2n) is 4.93. The van der Waals surface area contributed by atoms with Gasteiger partial charge >= 0.3 is 6.18 Å². The summed E-state index contributed by atoms with van der Waals surface area (Å²) in [7, 11) is 0. The summed E-state index contributed by atoms with van der Waals surface area (Å²) in [6, 6.07) is 1.10. The number of alkyl halides is 3. The first-order chi connectivity index (χ1) is 9.20. The topological polar surface area (TPSA) is 54.0 Å². The third-order valence-electron chi connectivity index (χ3n) is 2.53. The first-order valence-electron chi connectivity index (χ1n) is 6.27. The molecule has 7 heteroatoms. The number of aromatic nitrogens is 1. The molecule has 1 rings (SSSR count). The Morgan fingerprint density at radius 1 is 1.35 bits per heavy atom. The molecule has 0 radical (unpaired) electrons. The van der Waals surface area contributed by atoms with Crippen molar-refractivity contribution < 1.29 is 18.0 Å². The van der Waals surface area contributed by atoms with Gasteiger partial charge in [0.1, 0.15) is 11.9 Å². The lowest BCUT2D eigenvalue weighted by Crippen LogP contribution is -2.39. The van der Waals surface area contributed by atoms with Gasteiger partial charge in [-0.3, -0.25) is 4.79 Å². The number of rotatable bonds is 5. The Morgan fingerprint density at radius 3 is 2.55 bits per heavy atom. The summed E-state index contributed by atoms with van der Waals surface area (Å²) >= 11 is 0. The average molecular weight is 289 g/mol. The molecule has 0 aromatic carbocycles. The molecular weight excluding hydrogens is 271 g/mol. The molecule has 1 aromatic rings. The Balaban J connectivity index is 2.66. The van der Waals surface area contributed by atoms with Crippen molar-refractivity contribution in [3.05, 3.63) is 23.9 Å². The van der Waals surface area contributed by atoms with Crippen LogP contribution in [-0.4, -0.2) is 23.5 Å². The summed E-state index contributed by atoms with van der Waals surface area (Å²) in [5, 5.41) is 5.35. The average Bonchev–Trinajstić information content (AvgIpc) is 2.35. The van der Waals surface area contributed by atoms with Crippen molar-refractivity contribution in [2.75, 3.05) is 11.9 Å². The molecule has 4 nitrogen and oxygen atoms in total. The molecule has 0 aliphatic carbocycles. The molecule has 1 heterocycles. The van der Waals surface area contributed by atoms with Crippen LogP contribution in [0.1, 0.15) is 26.3 Å². The van der Waals surface area contributed by atoms with Crippen molar-refractivity contribution in [3.8, 4) is 0 Å². The predicted molar refractivity (Wildman–Crippen MR) is 70.2 cm³/mol. The Bertz CT molecular complexity index is 460. The van der Waals surface area contributed by atoms with Gasteiger partial charge in [0.15, 0.2) is 0 Å². The molecule has 1 unspecified atom stereocenters. The number of nitrogens with zero attached hydrogens (tertiary/aromatic N) is 1. The van der Waals surface area contributed by atoms with E-state index in [2.05, 4.69) is 15.6 Å². The van der Waals surface area contributed by atoms with Crippen molar-refractivity contribution in [2.45, 2.75) is 33.0 Å². The summed E-state index contributed by atoms with van der Waals surface area (Å²) in [6.07, 6.45) is -3.37. The zero-order valence-electron chi connectivity index (χ0n) is 11.6. The molecule has 0 bridgehead atoms. The Labute approximate surface area is 115 Å². The maximum Gasteiger partial charge on any atom is 0.416 e. The van der Waals surface area contributed by atoms with Gasteiger partial charge < -0.3 is 10.6 Å². The number of pyridine rings is 1. The van der Waals surface area contributed by atoms with Gasteiger partial charge in [0, 0.05) is 12.7 Å². The zero-order chi connectivity index (χ0) is 15.3. The Morgan fingerprint density at radius 2 is 2.00 bits per heavy atom. The maximum atomic E-state index is 12.5. The SMILES string of the molecule is CC(C)CNC(=O)C(C)Nc1cc(C(F)(F)F)ccn1. The summed E-state index contributed by atoms with van der Waals surface area (Å²) in [5.74, 6) is 0.0442. The van der Waals surface area contributed by atoms with E-state index in [0.717, 1.165) is 18.3 Å². The van der Waals surface area contributed by atoms with Crippen LogP contribution in [0, 0.1) is 5.92 Å². The first kappa shape index (κ1) is 16.3. The van der Waals surface area contributed by atoms with Crippen LogP contribution in [0.2, 0.25) is 0 Å². The molecule has 0 aliphatic heterocycles. The second-order valence-corrected chi connectivity index (χ2v) is 4.93. The molecule has 112 valence electrons. The molecule has 0 saturated carbocycles. The minimum Gasteiger partial charge on any atom is -0.359 e. The largest absolute Gasteiger partial charge is 0.416 e. The van der Waals surface area contributed by atoms with Gasteiger partial charge in [0.25, 0.3) is 0 Å². The summed E-state index contributed by atoms with van der Waals surface area (Å²) < 4.78 is 37.6. The van der Waals surface area contributed by atoms with E-state index in [9.17, 15) is 18.0 Å². The van der Waals surface area contributed by atoms with Crippen LogP contribution in [0.15, 0.2) is 18.3 Å². The number of anilines is 1. The van der Waals surface area contributed by atoms with E-state index in [1.54, 1.807) is 6.92 Å². The number of amides is 1. The van der Waals surface area contributed by atoms with Crippen LogP contribution in [0.5, 0.6) is 0 Å². The first-order valence-corrected chi connectivity index (χ1v) is 6.27. The quantitative estimate of drug-likeness (QED) is 0.876. The maximum absolute atomic E-state index is 12.5. The molecule has 1 atom stereocenters. The monoisotopic (exact) mass is 289 g/mol. The van der Waals surface area contributed by atoms with Gasteiger partial charge in [-0.2, -0.15) is 13.2 Å². The van der Waals surface area contributed by atoms with E-state index in [1.165, 1.54) is 0 Å². The fourth-order valence-corrected chi connectivity index (χ4v) is 1.43. The van der Waals surface area contributed by atoms with Crippen molar-refractivity contribution in [1.82, 2.24) is 10.3 Å². The minimum absolute atomic E-state index is 0.0204. The number of hydrogen-bond donors (Lipinski definition) is 2. The van der Waals surface area contributed by atoms with Crippen molar-refractivity contribution >= 4 is 11.7 Å². The van der Waals surface area contributed by atoms with Crippen molar-refractivity contribution in [1.29, 1.82) is 0 Å². The molecule has 20 heavy (non-hydrogen) atoms. The van der Waals surface area contributed by atoms with Gasteiger partial charge in [-0.15, -0.1) is 0 Å². The molecule has 1 aromatic heterocycles. The minimum atomic E-state index is -4.43. The zero-order valence-corrected chi connectivity index (χ0v) is 11.6. The van der Waals surface area contributed by atoms with Gasteiger partial charge in [0.2, 0.25) is 5.91 Å². The molecule has 1 amide bonds. The van der Waals surface area contributed by atoms with Crippen LogP contribution in [0.25, 0.3) is 0 Å². The van der Waals surface area contributed by atoms with E-state index >= 15 is 0 Å². The summed E-state index contributed by atoms with van der Waals surface area (Å²) in [6.45, 7) is 5.98. The third kappa shape index (κ3) is 5.07. The lowest BCUT2D eigenvalue weighted by molar-refractivity contribution is -0.137. The normalized spacial score (nSPS) is 13.2. The van der Waals surface area contributed by atoms with Gasteiger partial charge in [0.05, 0.1) is 5.56 Å². The van der Waals surface area contributed by atoms with Gasteiger partial charge in [-0.05, 0) is 25.0 Å². The van der Waals surface area contributed by atoms with E-state index in [-0.39, 0.29) is 11.7 Å². The third-order valence-corrected chi connectivity index (χ3v) is 2.53. The molecular formula is C13H18F3N3O. The highest BCUT2D eigenvalue weighted by Gasteiger charge is 2.30. The van der Waals surface area contributed by atoms with Crippen LogP contribution >= 0.6 is 0 Å². The lowest BCUT2D eigenvalue weighted by Gasteiger charge is -2.16. The molecule has 0 saturated heterocycles. The fraction of sp³-hybridized carbons (Fsp3) is 0.538. The number of hydrogen-bond acceptors (Lipinski definition) is 3. The molecule has 0 spiro atoms. The van der Waals surface area contributed by atoms with Gasteiger partial charge in [-0.25, -0.2) is 4.98 Å². The van der Waals surface area contributed by atoms with E-state index in [1.807, 2.05) is 13.8 Å². The number of halogens is 3. The van der Waals surface area contributed by atoms with Crippen LogP contribution in [-0.2, 0) is 11.0 Å². The van der Waals surface area contributed by atoms with E-state index < -0.39 is 17.8 Å². The highest BCUT2D eigenvalue weighted by Crippen LogP contribution is 2.29. The predicted octanol–water partition coefficient (Wildman–Crippen LogP) is 2.67. The van der Waals surface area contributed by atoms with E-state index in [4.69, 9.17) is 0 Å². The standard InChI is InChI=1S/C13H18F3N3O/c1-8(2)7-18-12(20)9(3)19-11-6-10(4-5-17-11)13(14,15)16/h4-6,8-9H,7H2,1-3H3,(H,17,19)(H,18,20). The Kier molecular flexibility index (Phi) is 5.35.